The van der Waals surface area contributed by atoms with Gasteiger partial charge in [0, 0.05) is 23.0 Å². The normalized spacial score (nSPS) is 16.5. The maximum Gasteiger partial charge on any atom is 0.269 e. The molecule has 0 saturated heterocycles. The molecule has 0 unspecified atom stereocenters. The Kier molecular flexibility index (Phi) is 6.87. The van der Waals surface area contributed by atoms with Crippen molar-refractivity contribution in [2.45, 2.75) is 71.1 Å². The van der Waals surface area contributed by atoms with Crippen LogP contribution in [0.1, 0.15) is 85.3 Å². The smallest absolute Gasteiger partial charge is 0.269 e. The van der Waals surface area contributed by atoms with Gasteiger partial charge in [-0.25, -0.2) is 4.98 Å². The van der Waals surface area contributed by atoms with E-state index in [1.807, 2.05) is 65.4 Å². The molecule has 3 aromatic heterocycles. The van der Waals surface area contributed by atoms with Crippen molar-refractivity contribution in [3.8, 4) is 50.9 Å². The van der Waals surface area contributed by atoms with Crippen LogP contribution in [0.25, 0.3) is 72.3 Å². The first-order chi connectivity index (χ1) is 35.0. The van der Waals surface area contributed by atoms with Gasteiger partial charge in [-0.2, -0.15) is 0 Å². The van der Waals surface area contributed by atoms with Gasteiger partial charge in [-0.05, 0) is 104 Å². The van der Waals surface area contributed by atoms with Crippen LogP contribution in [-0.4, -0.2) is 14.1 Å². The first-order valence-electron chi connectivity index (χ1n) is 26.6. The fraction of sp³-hybridized carbons (Fsp3) is 0.186. The highest BCUT2D eigenvalue weighted by Gasteiger charge is 2.44. The van der Waals surface area contributed by atoms with Gasteiger partial charge in [0.15, 0.2) is 0 Å². The molecule has 3 heterocycles. The minimum absolute atomic E-state index is 0.0175. The summed E-state index contributed by atoms with van der Waals surface area (Å²) in [6.45, 7) is 16.0. The number of nitrogens with zero attached hydrogens (tertiary/aromatic N) is 4. The fourth-order valence-electron chi connectivity index (χ4n) is 10.1. The molecule has 5 nitrogen and oxygen atoms in total. The third kappa shape index (κ3) is 6.52. The van der Waals surface area contributed by atoms with E-state index in [1.54, 1.807) is 22.8 Å². The summed E-state index contributed by atoms with van der Waals surface area (Å²) >= 11 is 0. The lowest BCUT2D eigenvalue weighted by atomic mass is 9.81. The van der Waals surface area contributed by atoms with Crippen molar-refractivity contribution in [1.29, 1.82) is 0 Å². The predicted molar refractivity (Wildman–Crippen MR) is 263 cm³/mol. The second kappa shape index (κ2) is 14.7. The average molecular weight is 843 g/mol. The number of aromatic nitrogens is 4. The molecule has 10 aromatic rings. The standard InChI is InChI=1S/C59H52N4O/c1-57(2,3)41-32-33-60-53(34-41)63-52-36-44(28-29-47(52)48-30-31-49-54(56(48)63)59(6,7)37-58(49,4)5)64-43-23-16-22-42(35-43)61-38-62(51-27-15-14-26-50(51)61)55-45(39-18-10-8-11-19-39)24-17-25-46(55)40-20-12-9-13-21-40/h8-36H,37H2,1-7H3/i8D,9D,10D,11D,12D,13D,18D,19D,20D,21D. The molecule has 1 aliphatic rings. The quantitative estimate of drug-likeness (QED) is 0.118. The summed E-state index contributed by atoms with van der Waals surface area (Å²) in [5, 5.41) is 2.23. The predicted octanol–water partition coefficient (Wildman–Crippen LogP) is 14.6. The average Bonchev–Trinajstić information content (AvgIpc) is 4.00. The Morgan fingerprint density at radius 3 is 2.06 bits per heavy atom. The van der Waals surface area contributed by atoms with Crippen LogP contribution in [0, 0.1) is 6.33 Å². The van der Waals surface area contributed by atoms with Crippen LogP contribution in [0.15, 0.2) is 176 Å². The van der Waals surface area contributed by atoms with E-state index < -0.39 is 60.4 Å². The third-order valence-corrected chi connectivity index (χ3v) is 12.7. The molecule has 0 radical (unpaired) electrons. The summed E-state index contributed by atoms with van der Waals surface area (Å²) in [7, 11) is 0. The van der Waals surface area contributed by atoms with Gasteiger partial charge in [0.1, 0.15) is 17.3 Å². The first-order valence-corrected chi connectivity index (χ1v) is 21.6. The van der Waals surface area contributed by atoms with E-state index in [4.69, 9.17) is 23.4 Å². The van der Waals surface area contributed by atoms with Gasteiger partial charge in [-0.15, -0.1) is 0 Å². The zero-order chi connectivity index (χ0) is 52.7. The SMILES string of the molecule is [2H]c1c([2H])c([2H])c(-c2cccc(-c3c([2H])c([2H])c([2H])c([2H])c3[2H])c2-[n+]2[c-]n(-c3cccc(Oc4ccc5c6ccc7c(c6n(-c6cc(C(C)(C)C)ccn6)c5c4)C(C)(C)CC7(C)C)c3)c3ccccc32)c([2H])c1[2H]. The lowest BCUT2D eigenvalue weighted by Gasteiger charge is -2.23. The van der Waals surface area contributed by atoms with E-state index in [0.717, 1.165) is 34.0 Å². The second-order valence-electron chi connectivity index (χ2n) is 19.1. The maximum absolute atomic E-state index is 9.05. The number of benzene rings is 7. The van der Waals surface area contributed by atoms with Crippen LogP contribution in [0.4, 0.5) is 0 Å². The Bertz CT molecular complexity index is 3890. The largest absolute Gasteiger partial charge is 0.458 e. The summed E-state index contributed by atoms with van der Waals surface area (Å²) in [6.07, 6.45) is 6.37. The number of fused-ring (bicyclic) bond motifs is 6. The Labute approximate surface area is 389 Å². The molecule has 314 valence electrons. The molecule has 0 saturated carbocycles. The van der Waals surface area contributed by atoms with Crippen molar-refractivity contribution < 1.29 is 23.0 Å². The van der Waals surface area contributed by atoms with E-state index in [2.05, 4.69) is 95.8 Å². The number of para-hydroxylation sites is 3. The molecule has 0 amide bonds. The Balaban J connectivity index is 1.09. The highest BCUT2D eigenvalue weighted by molar-refractivity contribution is 6.11. The first kappa shape index (κ1) is 30.0. The van der Waals surface area contributed by atoms with Gasteiger partial charge in [-0.3, -0.25) is 13.7 Å². The lowest BCUT2D eigenvalue weighted by Crippen LogP contribution is -2.31. The monoisotopic (exact) mass is 842 g/mol. The molecule has 7 aromatic carbocycles. The van der Waals surface area contributed by atoms with E-state index in [0.29, 0.717) is 28.2 Å². The molecule has 0 N–H and O–H groups in total. The fourth-order valence-corrected chi connectivity index (χ4v) is 10.1. The highest BCUT2D eigenvalue weighted by Crippen LogP contribution is 2.53. The summed E-state index contributed by atoms with van der Waals surface area (Å²) in [5.74, 6) is 1.96. The molecule has 64 heavy (non-hydrogen) atoms. The van der Waals surface area contributed by atoms with Crippen LogP contribution in [-0.2, 0) is 16.2 Å². The van der Waals surface area contributed by atoms with Crippen LogP contribution in [0.2, 0.25) is 0 Å². The Morgan fingerprint density at radius 1 is 0.672 bits per heavy atom. The minimum atomic E-state index is -0.563. The van der Waals surface area contributed by atoms with Crippen molar-refractivity contribution in [3.05, 3.63) is 199 Å². The Hall–Kier alpha value is -7.24. The van der Waals surface area contributed by atoms with Crippen molar-refractivity contribution >= 4 is 32.8 Å². The summed E-state index contributed by atoms with van der Waals surface area (Å²) in [4.78, 5) is 5.03. The highest BCUT2D eigenvalue weighted by atomic mass is 16.5. The molecule has 0 bridgehead atoms. The number of hydrogen-bond donors (Lipinski definition) is 0. The summed E-state index contributed by atoms with van der Waals surface area (Å²) < 4.78 is 99.9. The summed E-state index contributed by atoms with van der Waals surface area (Å²) in [6, 6.07) is 29.6. The van der Waals surface area contributed by atoms with Gasteiger partial charge < -0.3 is 4.74 Å². The molecule has 5 heteroatoms. The molecule has 0 spiro atoms. The number of pyridine rings is 1. The van der Waals surface area contributed by atoms with E-state index in [-0.39, 0.29) is 44.2 Å². The maximum atomic E-state index is 9.05. The van der Waals surface area contributed by atoms with Crippen LogP contribution >= 0.6 is 0 Å². The van der Waals surface area contributed by atoms with Gasteiger partial charge in [0.2, 0.25) is 0 Å². The van der Waals surface area contributed by atoms with E-state index in [9.17, 15) is 0 Å². The second-order valence-corrected chi connectivity index (χ2v) is 19.1. The topological polar surface area (TPSA) is 35.9 Å². The summed E-state index contributed by atoms with van der Waals surface area (Å²) in [5.41, 5.74) is 7.85. The molecule has 0 fully saturated rings. The Morgan fingerprint density at radius 2 is 1.34 bits per heavy atom. The number of hydrogen-bond acceptors (Lipinski definition) is 2. The zero-order valence-corrected chi connectivity index (χ0v) is 36.9. The van der Waals surface area contributed by atoms with Crippen molar-refractivity contribution in [2.75, 3.05) is 0 Å². The molecule has 0 aliphatic heterocycles. The molecular weight excluding hydrogens is 781 g/mol. The van der Waals surface area contributed by atoms with Gasteiger partial charge in [0.25, 0.3) is 6.33 Å². The van der Waals surface area contributed by atoms with Gasteiger partial charge in [-0.1, -0.05) is 170 Å². The van der Waals surface area contributed by atoms with Crippen LogP contribution < -0.4 is 9.30 Å². The minimum Gasteiger partial charge on any atom is -0.458 e. The molecule has 1 aliphatic carbocycles. The number of rotatable bonds is 7. The lowest BCUT2D eigenvalue weighted by molar-refractivity contribution is -0.571. The molecule has 11 rings (SSSR count). The van der Waals surface area contributed by atoms with Crippen LogP contribution in [0.5, 0.6) is 11.5 Å². The van der Waals surface area contributed by atoms with Gasteiger partial charge in [0.05, 0.1) is 47.1 Å². The molecular formula is C59H52N4O. The molecule has 0 atom stereocenters. The number of ether oxygens (including phenoxy) is 1. The third-order valence-electron chi connectivity index (χ3n) is 12.7. The number of imidazole rings is 1. The van der Waals surface area contributed by atoms with Crippen molar-refractivity contribution in [1.82, 2.24) is 14.1 Å². The van der Waals surface area contributed by atoms with Crippen molar-refractivity contribution in [2.24, 2.45) is 0 Å². The van der Waals surface area contributed by atoms with Crippen molar-refractivity contribution in [3.63, 3.8) is 0 Å². The zero-order valence-electron chi connectivity index (χ0n) is 46.9. The van der Waals surface area contributed by atoms with Gasteiger partial charge >= 0.3 is 0 Å². The van der Waals surface area contributed by atoms with E-state index >= 15 is 0 Å². The van der Waals surface area contributed by atoms with E-state index in [1.165, 1.54) is 16.7 Å². The van der Waals surface area contributed by atoms with Crippen LogP contribution in [0.3, 0.4) is 0 Å².